The van der Waals surface area contributed by atoms with Gasteiger partial charge in [-0.1, -0.05) is 291 Å². The van der Waals surface area contributed by atoms with Crippen molar-refractivity contribution in [1.82, 2.24) is 15.0 Å². The molecule has 81 heavy (non-hydrogen) atoms. The van der Waals surface area contributed by atoms with Crippen LogP contribution in [0.1, 0.15) is 66.8 Å². The summed E-state index contributed by atoms with van der Waals surface area (Å²) in [6.07, 6.45) is 0. The Morgan fingerprint density at radius 1 is 0.173 bits per heavy atom. The molecule has 0 unspecified atom stereocenters. The van der Waals surface area contributed by atoms with Crippen LogP contribution in [0.5, 0.6) is 0 Å². The Labute approximate surface area is 472 Å². The number of benzene rings is 12. The molecule has 3 heteroatoms. The minimum atomic E-state index is -0.608. The largest absolute Gasteiger partial charge is 0.208 e. The summed E-state index contributed by atoms with van der Waals surface area (Å²) in [6.45, 7) is 0. The van der Waals surface area contributed by atoms with Crippen LogP contribution in [0, 0.1) is 0 Å². The van der Waals surface area contributed by atoms with E-state index in [4.69, 9.17) is 15.0 Å². The van der Waals surface area contributed by atoms with Crippen molar-refractivity contribution in [2.45, 2.75) is 16.2 Å². The zero-order valence-corrected chi connectivity index (χ0v) is 44.3. The lowest BCUT2D eigenvalue weighted by Gasteiger charge is -2.34. The van der Waals surface area contributed by atoms with Crippen molar-refractivity contribution < 1.29 is 0 Å². The van der Waals surface area contributed by atoms with E-state index in [1.807, 2.05) is 0 Å². The smallest absolute Gasteiger partial charge is 0.164 e. The molecular formula is C78H51N3. The number of fused-ring (bicyclic) bond motifs is 9. The quantitative estimate of drug-likeness (QED) is 0.145. The molecule has 0 aliphatic heterocycles. The van der Waals surface area contributed by atoms with Crippen LogP contribution < -0.4 is 0 Å². The molecule has 0 amide bonds. The van der Waals surface area contributed by atoms with Gasteiger partial charge in [0.2, 0.25) is 0 Å². The maximum atomic E-state index is 5.64. The van der Waals surface area contributed by atoms with E-state index in [1.54, 1.807) is 0 Å². The highest BCUT2D eigenvalue weighted by Gasteiger charge is 2.49. The first-order valence-electron chi connectivity index (χ1n) is 28.0. The number of rotatable bonds is 9. The average molecular weight is 1030 g/mol. The highest BCUT2D eigenvalue weighted by molar-refractivity contribution is 5.91. The van der Waals surface area contributed by atoms with Gasteiger partial charge in [0, 0.05) is 16.7 Å². The van der Waals surface area contributed by atoms with Crippen LogP contribution in [-0.2, 0) is 16.2 Å². The lowest BCUT2D eigenvalue weighted by Crippen LogP contribution is -2.28. The van der Waals surface area contributed by atoms with Gasteiger partial charge in [0.1, 0.15) is 0 Å². The molecular weight excluding hydrogens is 979 g/mol. The zero-order chi connectivity index (χ0) is 53.5. The first-order valence-corrected chi connectivity index (χ1v) is 28.0. The number of hydrogen-bond acceptors (Lipinski definition) is 3. The number of hydrogen-bond donors (Lipinski definition) is 0. The SMILES string of the molecule is c1ccc(C2(c3ccccc3)c3ccccc3-c3ccc(-c4nc(-c5ccc6c(c5)C(c5ccccc5)(c5ccccc5)c5ccccc5-6)nc(-c5ccc6c(c5)C(c5ccccc5)(c5ccccc5)c5ccccc5-6)n4)cc32)cc1. The average Bonchev–Trinajstić information content (AvgIpc) is 3.43. The second kappa shape index (κ2) is 18.4. The third-order valence-electron chi connectivity index (χ3n) is 17.8. The third-order valence-corrected chi connectivity index (χ3v) is 17.8. The maximum absolute atomic E-state index is 5.64. The van der Waals surface area contributed by atoms with E-state index < -0.39 is 16.2 Å². The van der Waals surface area contributed by atoms with Crippen molar-refractivity contribution >= 4 is 0 Å². The molecule has 16 rings (SSSR count). The monoisotopic (exact) mass is 1030 g/mol. The van der Waals surface area contributed by atoms with E-state index in [-0.39, 0.29) is 0 Å². The summed E-state index contributed by atoms with van der Waals surface area (Å²) in [7, 11) is 0. The van der Waals surface area contributed by atoms with Gasteiger partial charge in [-0.15, -0.1) is 0 Å². The molecule has 3 aliphatic rings. The van der Waals surface area contributed by atoms with Crippen molar-refractivity contribution in [1.29, 1.82) is 0 Å². The topological polar surface area (TPSA) is 38.7 Å². The van der Waals surface area contributed by atoms with Gasteiger partial charge in [0.25, 0.3) is 0 Å². The zero-order valence-electron chi connectivity index (χ0n) is 44.3. The van der Waals surface area contributed by atoms with Gasteiger partial charge in [-0.2, -0.15) is 0 Å². The lowest BCUT2D eigenvalue weighted by molar-refractivity contribution is 0.768. The fraction of sp³-hybridized carbons (Fsp3) is 0.0385. The van der Waals surface area contributed by atoms with Crippen LogP contribution in [0.2, 0.25) is 0 Å². The lowest BCUT2D eigenvalue weighted by atomic mass is 9.67. The molecule has 1 aromatic heterocycles. The van der Waals surface area contributed by atoms with Crippen molar-refractivity contribution in [2.75, 3.05) is 0 Å². The minimum Gasteiger partial charge on any atom is -0.208 e. The van der Waals surface area contributed by atoms with Crippen LogP contribution in [0.3, 0.4) is 0 Å². The fourth-order valence-corrected chi connectivity index (χ4v) is 14.5. The van der Waals surface area contributed by atoms with E-state index in [1.165, 1.54) is 100 Å². The van der Waals surface area contributed by atoms with Gasteiger partial charge in [-0.25, -0.2) is 15.0 Å². The fourth-order valence-electron chi connectivity index (χ4n) is 14.5. The van der Waals surface area contributed by atoms with Gasteiger partial charge in [0.05, 0.1) is 16.2 Å². The molecule has 0 saturated carbocycles. The molecule has 3 nitrogen and oxygen atoms in total. The van der Waals surface area contributed by atoms with Crippen molar-refractivity contribution in [3.8, 4) is 67.5 Å². The molecule has 0 fully saturated rings. The highest BCUT2D eigenvalue weighted by Crippen LogP contribution is 2.60. The third kappa shape index (κ3) is 6.73. The van der Waals surface area contributed by atoms with E-state index in [2.05, 4.69) is 309 Å². The normalized spacial score (nSPS) is 14.2. The predicted octanol–water partition coefficient (Wildman–Crippen LogP) is 18.0. The summed E-state index contributed by atoms with van der Waals surface area (Å²) < 4.78 is 0. The van der Waals surface area contributed by atoms with Gasteiger partial charge >= 0.3 is 0 Å². The molecule has 0 N–H and O–H groups in total. The van der Waals surface area contributed by atoms with Crippen molar-refractivity contribution in [2.24, 2.45) is 0 Å². The van der Waals surface area contributed by atoms with E-state index >= 15 is 0 Å². The van der Waals surface area contributed by atoms with Gasteiger partial charge in [0.15, 0.2) is 17.5 Å². The maximum Gasteiger partial charge on any atom is 0.164 e. The second-order valence-electron chi connectivity index (χ2n) is 21.7. The number of aromatic nitrogens is 3. The predicted molar refractivity (Wildman–Crippen MR) is 328 cm³/mol. The molecule has 0 atom stereocenters. The summed E-state index contributed by atoms with van der Waals surface area (Å²) >= 11 is 0. The van der Waals surface area contributed by atoms with Crippen LogP contribution in [0.25, 0.3) is 67.5 Å². The first-order chi connectivity index (χ1) is 40.2. The Kier molecular flexibility index (Phi) is 10.6. The molecule has 3 aliphatic carbocycles. The molecule has 0 bridgehead atoms. The van der Waals surface area contributed by atoms with Gasteiger partial charge in [-0.3, -0.25) is 0 Å². The molecule has 13 aromatic rings. The Balaban J connectivity index is 0.962. The van der Waals surface area contributed by atoms with E-state index in [0.29, 0.717) is 17.5 Å². The minimum absolute atomic E-state index is 0.603. The Bertz CT molecular complexity index is 3960. The summed E-state index contributed by atoms with van der Waals surface area (Å²) in [6, 6.07) is 113. The van der Waals surface area contributed by atoms with Gasteiger partial charge in [-0.05, 0) is 118 Å². The summed E-state index contributed by atoms with van der Waals surface area (Å²) in [5, 5.41) is 0. The molecule has 0 spiro atoms. The van der Waals surface area contributed by atoms with E-state index in [9.17, 15) is 0 Å². The van der Waals surface area contributed by atoms with Gasteiger partial charge < -0.3 is 0 Å². The summed E-state index contributed by atoms with van der Waals surface area (Å²) in [5.41, 5.74) is 22.8. The van der Waals surface area contributed by atoms with Crippen LogP contribution >= 0.6 is 0 Å². The Morgan fingerprint density at radius 2 is 0.370 bits per heavy atom. The molecule has 0 radical (unpaired) electrons. The second-order valence-corrected chi connectivity index (χ2v) is 21.7. The van der Waals surface area contributed by atoms with E-state index in [0.717, 1.165) is 16.7 Å². The summed E-state index contributed by atoms with van der Waals surface area (Å²) in [5.74, 6) is 1.81. The Hall–Kier alpha value is -10.4. The molecule has 12 aromatic carbocycles. The number of nitrogens with zero attached hydrogens (tertiary/aromatic N) is 3. The van der Waals surface area contributed by atoms with Crippen molar-refractivity contribution in [3.63, 3.8) is 0 Å². The van der Waals surface area contributed by atoms with Crippen LogP contribution in [0.15, 0.2) is 309 Å². The molecule has 0 saturated heterocycles. The van der Waals surface area contributed by atoms with Crippen LogP contribution in [0.4, 0.5) is 0 Å². The Morgan fingerprint density at radius 3 is 0.605 bits per heavy atom. The molecule has 378 valence electrons. The highest BCUT2D eigenvalue weighted by atomic mass is 15.0. The van der Waals surface area contributed by atoms with Crippen molar-refractivity contribution in [3.05, 3.63) is 376 Å². The molecule has 1 heterocycles. The first kappa shape index (κ1) is 46.7. The standard InChI is InChI=1S/C78H51N3/c1-7-25-55(26-8-1)76(56-27-9-2-10-28-56)67-40-22-19-37-61(67)64-46-43-52(49-70(64)76)73-79-74(53-44-47-65-62-38-20-23-41-68(62)77(71(65)50-53,57-29-11-3-12-30-57)58-31-13-4-14-32-58)81-75(80-73)54-45-48-66-63-39-21-24-42-69(63)78(72(66)51-54,59-33-15-5-16-34-59)60-35-17-6-18-36-60/h1-51H. The summed E-state index contributed by atoms with van der Waals surface area (Å²) in [4.78, 5) is 16.9. The van der Waals surface area contributed by atoms with Crippen LogP contribution in [-0.4, -0.2) is 15.0 Å².